The van der Waals surface area contributed by atoms with Gasteiger partial charge in [0.15, 0.2) is 0 Å². The highest BCUT2D eigenvalue weighted by molar-refractivity contribution is 7.26. The minimum atomic E-state index is 0.423. The first-order chi connectivity index (χ1) is 7.20. The van der Waals surface area contributed by atoms with Crippen molar-refractivity contribution in [2.45, 2.75) is 19.4 Å². The largest absolute Gasteiger partial charge is 0.312 e. The van der Waals surface area contributed by atoms with Gasteiger partial charge in [0, 0.05) is 20.3 Å². The summed E-state index contributed by atoms with van der Waals surface area (Å²) in [6.45, 7) is 6.06. The maximum Gasteiger partial charge on any atom is 0.0454 e. The molecule has 3 heteroatoms. The van der Waals surface area contributed by atoms with Crippen LogP contribution in [0.3, 0.4) is 0 Å². The van der Waals surface area contributed by atoms with Crippen molar-refractivity contribution in [2.24, 2.45) is 0 Å². The van der Waals surface area contributed by atoms with Crippen molar-refractivity contribution in [1.82, 2.24) is 5.32 Å². The van der Waals surface area contributed by atoms with E-state index in [0.29, 0.717) is 6.04 Å². The first kappa shape index (κ1) is 10.9. The molecule has 0 bridgehead atoms. The lowest BCUT2D eigenvalue weighted by atomic mass is 10.1. The van der Waals surface area contributed by atoms with E-state index in [1.54, 1.807) is 0 Å². The fourth-order valence-electron chi connectivity index (χ4n) is 1.65. The molecule has 1 unspecified atom stereocenters. The quantitative estimate of drug-likeness (QED) is 0.786. The van der Waals surface area contributed by atoms with Crippen molar-refractivity contribution in [2.75, 3.05) is 7.05 Å². The van der Waals surface area contributed by atoms with Crippen molar-refractivity contribution in [3.8, 4) is 0 Å². The fraction of sp³-hybridized carbons (Fsp3) is 0.333. The zero-order valence-electron chi connectivity index (χ0n) is 9.04. The summed E-state index contributed by atoms with van der Waals surface area (Å²) in [7, 11) is 2.02. The molecule has 80 valence electrons. The molecule has 2 aromatic heterocycles. The Balaban J connectivity index is 2.27. The molecule has 0 aliphatic carbocycles. The molecule has 2 rings (SSSR count). The third-order valence-electron chi connectivity index (χ3n) is 2.40. The van der Waals surface area contributed by atoms with Crippen molar-refractivity contribution in [1.29, 1.82) is 0 Å². The van der Waals surface area contributed by atoms with Gasteiger partial charge in [0.25, 0.3) is 0 Å². The number of hydrogen-bond acceptors (Lipinski definition) is 3. The number of thiophene rings is 2. The maximum atomic E-state index is 3.98. The van der Waals surface area contributed by atoms with Gasteiger partial charge in [0.05, 0.1) is 0 Å². The van der Waals surface area contributed by atoms with E-state index in [2.05, 4.69) is 36.3 Å². The topological polar surface area (TPSA) is 12.0 Å². The summed E-state index contributed by atoms with van der Waals surface area (Å²) >= 11 is 3.70. The van der Waals surface area contributed by atoms with Gasteiger partial charge in [0.1, 0.15) is 0 Å². The lowest BCUT2D eigenvalue weighted by Gasteiger charge is -2.13. The maximum absolute atomic E-state index is 3.98. The second kappa shape index (κ2) is 4.47. The van der Waals surface area contributed by atoms with Gasteiger partial charge in [-0.3, -0.25) is 0 Å². The summed E-state index contributed by atoms with van der Waals surface area (Å²) < 4.78 is 2.80. The molecule has 2 heterocycles. The van der Waals surface area contributed by atoms with Gasteiger partial charge in [-0.2, -0.15) is 0 Å². The minimum Gasteiger partial charge on any atom is -0.312 e. The average molecular weight is 237 g/mol. The van der Waals surface area contributed by atoms with Gasteiger partial charge in [-0.15, -0.1) is 29.3 Å². The molecule has 1 nitrogen and oxygen atoms in total. The third kappa shape index (κ3) is 2.30. The molecule has 0 saturated carbocycles. The van der Waals surface area contributed by atoms with Crippen LogP contribution >= 0.6 is 22.7 Å². The van der Waals surface area contributed by atoms with Crippen molar-refractivity contribution >= 4 is 32.1 Å². The van der Waals surface area contributed by atoms with Crippen LogP contribution in [0.5, 0.6) is 0 Å². The molecule has 0 aromatic carbocycles. The van der Waals surface area contributed by atoms with Gasteiger partial charge in [-0.25, -0.2) is 0 Å². The first-order valence-electron chi connectivity index (χ1n) is 4.99. The van der Waals surface area contributed by atoms with Crippen LogP contribution < -0.4 is 5.32 Å². The van der Waals surface area contributed by atoms with Crippen LogP contribution in [-0.4, -0.2) is 7.05 Å². The average Bonchev–Trinajstić information content (AvgIpc) is 2.72. The van der Waals surface area contributed by atoms with E-state index in [1.165, 1.54) is 19.9 Å². The Morgan fingerprint density at radius 3 is 2.93 bits per heavy atom. The molecule has 0 spiro atoms. The zero-order chi connectivity index (χ0) is 10.8. The predicted octanol–water partition coefficient (Wildman–Crippen LogP) is 4.19. The summed E-state index contributed by atoms with van der Waals surface area (Å²) in [6, 6.07) is 4.92. The van der Waals surface area contributed by atoms with Crippen LogP contribution in [-0.2, 0) is 0 Å². The summed E-state index contributed by atoms with van der Waals surface area (Å²) in [5.74, 6) is 0. The van der Waals surface area contributed by atoms with E-state index in [1.807, 2.05) is 29.7 Å². The molecule has 1 atom stereocenters. The Kier molecular flexibility index (Phi) is 3.24. The monoisotopic (exact) mass is 237 g/mol. The van der Waals surface area contributed by atoms with Crippen LogP contribution in [0.1, 0.15) is 24.3 Å². The predicted molar refractivity (Wildman–Crippen MR) is 70.9 cm³/mol. The zero-order valence-corrected chi connectivity index (χ0v) is 10.7. The van der Waals surface area contributed by atoms with Gasteiger partial charge in [-0.05, 0) is 37.9 Å². The molecule has 0 fully saturated rings. The molecule has 0 aliphatic heterocycles. The van der Waals surface area contributed by atoms with E-state index < -0.39 is 0 Å². The van der Waals surface area contributed by atoms with Gasteiger partial charge >= 0.3 is 0 Å². The van der Waals surface area contributed by atoms with Crippen LogP contribution in [0.2, 0.25) is 0 Å². The lowest BCUT2D eigenvalue weighted by Crippen LogP contribution is -2.15. The summed E-state index contributed by atoms with van der Waals surface area (Å²) in [5.41, 5.74) is 1.23. The number of hydrogen-bond donors (Lipinski definition) is 1. The Hall–Kier alpha value is -0.640. The Bertz CT molecular complexity index is 438. The summed E-state index contributed by atoms with van der Waals surface area (Å²) in [5, 5.41) is 5.51. The van der Waals surface area contributed by atoms with Crippen molar-refractivity contribution in [3.05, 3.63) is 34.5 Å². The van der Waals surface area contributed by atoms with Crippen LogP contribution in [0.25, 0.3) is 9.40 Å². The molecule has 1 N–H and O–H groups in total. The van der Waals surface area contributed by atoms with E-state index in [4.69, 9.17) is 0 Å². The first-order valence-corrected chi connectivity index (χ1v) is 6.69. The number of nitrogens with one attached hydrogen (secondary N) is 1. The fourth-order valence-corrected chi connectivity index (χ4v) is 3.88. The third-order valence-corrected chi connectivity index (χ3v) is 4.61. The number of rotatable bonds is 4. The lowest BCUT2D eigenvalue weighted by molar-refractivity contribution is 0.600. The van der Waals surface area contributed by atoms with E-state index in [9.17, 15) is 0 Å². The molecule has 0 radical (unpaired) electrons. The Morgan fingerprint density at radius 2 is 2.33 bits per heavy atom. The van der Waals surface area contributed by atoms with Crippen LogP contribution in [0.4, 0.5) is 0 Å². The van der Waals surface area contributed by atoms with Crippen molar-refractivity contribution in [3.63, 3.8) is 0 Å². The van der Waals surface area contributed by atoms with Gasteiger partial charge in [0.2, 0.25) is 0 Å². The molecular formula is C12H15NS2. The van der Waals surface area contributed by atoms with Crippen molar-refractivity contribution < 1.29 is 0 Å². The van der Waals surface area contributed by atoms with Gasteiger partial charge < -0.3 is 5.32 Å². The van der Waals surface area contributed by atoms with Gasteiger partial charge in [-0.1, -0.05) is 5.57 Å². The van der Waals surface area contributed by atoms with E-state index >= 15 is 0 Å². The highest BCUT2D eigenvalue weighted by Gasteiger charge is 2.12. The SMILES string of the molecule is C=C(C)CC(NC)c1cc2sccc2s1. The van der Waals surface area contributed by atoms with Crippen LogP contribution in [0, 0.1) is 0 Å². The summed E-state index contributed by atoms with van der Waals surface area (Å²) in [6.07, 6.45) is 1.02. The number of fused-ring (bicyclic) bond motifs is 1. The second-order valence-electron chi connectivity index (χ2n) is 3.80. The normalized spacial score (nSPS) is 13.2. The molecule has 0 aliphatic rings. The summed E-state index contributed by atoms with van der Waals surface area (Å²) in [4.78, 5) is 1.42. The Labute approximate surface area is 98.4 Å². The standard InChI is InChI=1S/C12H15NS2/c1-8(2)6-9(13-3)11-7-12-10(15-11)4-5-14-12/h4-5,7,9,13H,1,6H2,2-3H3. The minimum absolute atomic E-state index is 0.423. The van der Waals surface area contributed by atoms with E-state index in [0.717, 1.165) is 6.42 Å². The molecule has 2 aromatic rings. The van der Waals surface area contributed by atoms with E-state index in [-0.39, 0.29) is 0 Å². The molecule has 0 saturated heterocycles. The Morgan fingerprint density at radius 1 is 1.53 bits per heavy atom. The smallest absolute Gasteiger partial charge is 0.0454 e. The molecule has 0 amide bonds. The molecule has 15 heavy (non-hydrogen) atoms. The second-order valence-corrected chi connectivity index (χ2v) is 5.86. The highest BCUT2D eigenvalue weighted by atomic mass is 32.1. The molecular weight excluding hydrogens is 222 g/mol. The van der Waals surface area contributed by atoms with Crippen LogP contribution in [0.15, 0.2) is 29.7 Å². The highest BCUT2D eigenvalue weighted by Crippen LogP contribution is 2.34.